The summed E-state index contributed by atoms with van der Waals surface area (Å²) in [7, 11) is 0. The van der Waals surface area contributed by atoms with Crippen molar-refractivity contribution in [3.8, 4) is 0 Å². The molecule has 0 heterocycles. The van der Waals surface area contributed by atoms with Gasteiger partial charge >= 0.3 is 6.18 Å². The molecule has 2 atom stereocenters. The van der Waals surface area contributed by atoms with E-state index < -0.39 is 17.6 Å². The Balaban J connectivity index is 2.07. The van der Waals surface area contributed by atoms with E-state index in [1.807, 2.05) is 0 Å². The van der Waals surface area contributed by atoms with Gasteiger partial charge in [0.2, 0.25) is 0 Å². The van der Waals surface area contributed by atoms with Gasteiger partial charge in [0.15, 0.2) is 0 Å². The molecule has 118 valence electrons. The standard InChI is InChI=1S/C16H21F4N/c1-15(2,3)21-9-11-4-6-12(11)10-5-7-13(14(17)8-10)16(18,19)20/h5,7-8,11-12,21H,4,6,9H2,1-3H3. The quantitative estimate of drug-likeness (QED) is 0.796. The molecule has 0 spiro atoms. The molecule has 1 fully saturated rings. The largest absolute Gasteiger partial charge is 0.419 e. The van der Waals surface area contributed by atoms with Gasteiger partial charge in [-0.15, -0.1) is 0 Å². The molecule has 0 radical (unpaired) electrons. The van der Waals surface area contributed by atoms with Crippen molar-refractivity contribution in [2.24, 2.45) is 5.92 Å². The second-order valence-electron chi connectivity index (χ2n) is 6.81. The van der Waals surface area contributed by atoms with Crippen LogP contribution in [0.15, 0.2) is 18.2 Å². The molecule has 0 aromatic heterocycles. The van der Waals surface area contributed by atoms with E-state index in [9.17, 15) is 17.6 Å². The fourth-order valence-corrected chi connectivity index (χ4v) is 2.68. The number of nitrogens with one attached hydrogen (secondary N) is 1. The number of hydrogen-bond acceptors (Lipinski definition) is 1. The molecule has 0 aliphatic heterocycles. The highest BCUT2D eigenvalue weighted by molar-refractivity contribution is 5.30. The summed E-state index contributed by atoms with van der Waals surface area (Å²) < 4.78 is 51.3. The van der Waals surface area contributed by atoms with Crippen LogP contribution in [0.3, 0.4) is 0 Å². The minimum atomic E-state index is -4.63. The van der Waals surface area contributed by atoms with Gasteiger partial charge in [-0.1, -0.05) is 6.07 Å². The second kappa shape index (κ2) is 5.59. The molecular weight excluding hydrogens is 282 g/mol. The number of rotatable bonds is 3. The zero-order valence-electron chi connectivity index (χ0n) is 12.5. The monoisotopic (exact) mass is 303 g/mol. The van der Waals surface area contributed by atoms with Crippen LogP contribution in [0.5, 0.6) is 0 Å². The minimum Gasteiger partial charge on any atom is -0.312 e. The number of halogens is 4. The summed E-state index contributed by atoms with van der Waals surface area (Å²) in [6.45, 7) is 7.01. The smallest absolute Gasteiger partial charge is 0.312 e. The average molecular weight is 303 g/mol. The van der Waals surface area contributed by atoms with Crippen molar-refractivity contribution in [1.29, 1.82) is 0 Å². The molecule has 1 aromatic rings. The summed E-state index contributed by atoms with van der Waals surface area (Å²) >= 11 is 0. The molecule has 1 aromatic carbocycles. The van der Waals surface area contributed by atoms with E-state index in [2.05, 4.69) is 26.1 Å². The third-order valence-corrected chi connectivity index (χ3v) is 4.04. The van der Waals surface area contributed by atoms with Crippen LogP contribution < -0.4 is 5.32 Å². The van der Waals surface area contributed by atoms with Gasteiger partial charge in [0.25, 0.3) is 0 Å². The Morgan fingerprint density at radius 3 is 2.24 bits per heavy atom. The Bertz CT molecular complexity index is 502. The lowest BCUT2D eigenvalue weighted by atomic mass is 9.69. The van der Waals surface area contributed by atoms with Crippen molar-refractivity contribution >= 4 is 0 Å². The van der Waals surface area contributed by atoms with Crippen molar-refractivity contribution in [3.05, 3.63) is 35.1 Å². The van der Waals surface area contributed by atoms with Gasteiger partial charge in [-0.3, -0.25) is 0 Å². The Morgan fingerprint density at radius 1 is 1.14 bits per heavy atom. The van der Waals surface area contributed by atoms with E-state index in [0.717, 1.165) is 31.5 Å². The maximum absolute atomic E-state index is 13.6. The van der Waals surface area contributed by atoms with Crippen molar-refractivity contribution < 1.29 is 17.6 Å². The summed E-state index contributed by atoms with van der Waals surface area (Å²) in [4.78, 5) is 0. The third kappa shape index (κ3) is 3.96. The Hall–Kier alpha value is -1.10. The van der Waals surface area contributed by atoms with E-state index in [1.165, 1.54) is 6.07 Å². The second-order valence-corrected chi connectivity index (χ2v) is 6.81. The van der Waals surface area contributed by atoms with Crippen LogP contribution in [0.1, 0.15) is 50.7 Å². The van der Waals surface area contributed by atoms with Crippen LogP contribution in [-0.4, -0.2) is 12.1 Å². The minimum absolute atomic E-state index is 0.00549. The predicted octanol–water partition coefficient (Wildman–Crippen LogP) is 4.73. The summed E-state index contributed by atoms with van der Waals surface area (Å²) in [5.41, 5.74) is -0.506. The van der Waals surface area contributed by atoms with Gasteiger partial charge in [0.05, 0.1) is 5.56 Å². The Morgan fingerprint density at radius 2 is 1.81 bits per heavy atom. The van der Waals surface area contributed by atoms with E-state index in [4.69, 9.17) is 0 Å². The maximum Gasteiger partial charge on any atom is 0.419 e. The van der Waals surface area contributed by atoms with Gasteiger partial charge in [0.1, 0.15) is 5.82 Å². The fraction of sp³-hybridized carbons (Fsp3) is 0.625. The molecule has 1 aliphatic carbocycles. The number of hydrogen-bond donors (Lipinski definition) is 1. The average Bonchev–Trinajstić information content (AvgIpc) is 2.24. The predicted molar refractivity (Wildman–Crippen MR) is 74.6 cm³/mol. The zero-order valence-corrected chi connectivity index (χ0v) is 12.5. The van der Waals surface area contributed by atoms with Gasteiger partial charge in [-0.2, -0.15) is 13.2 Å². The van der Waals surface area contributed by atoms with Crippen molar-refractivity contribution in [2.75, 3.05) is 6.54 Å². The molecule has 21 heavy (non-hydrogen) atoms. The van der Waals surface area contributed by atoms with E-state index >= 15 is 0 Å². The molecule has 0 bridgehead atoms. The van der Waals surface area contributed by atoms with E-state index in [-0.39, 0.29) is 11.5 Å². The first kappa shape index (κ1) is 16.3. The molecule has 1 saturated carbocycles. The third-order valence-electron chi connectivity index (χ3n) is 4.04. The van der Waals surface area contributed by atoms with Gasteiger partial charge in [0, 0.05) is 5.54 Å². The molecule has 5 heteroatoms. The summed E-state index contributed by atoms with van der Waals surface area (Å²) in [6.07, 6.45) is -2.70. The molecule has 0 amide bonds. The zero-order chi connectivity index (χ0) is 15.8. The van der Waals surface area contributed by atoms with Crippen LogP contribution in [0.2, 0.25) is 0 Å². The SMILES string of the molecule is CC(C)(C)NCC1CCC1c1ccc(C(F)(F)F)c(F)c1. The van der Waals surface area contributed by atoms with Crippen LogP contribution in [0, 0.1) is 11.7 Å². The summed E-state index contributed by atoms with van der Waals surface area (Å²) in [5.74, 6) is -0.661. The van der Waals surface area contributed by atoms with E-state index in [1.54, 1.807) is 0 Å². The lowest BCUT2D eigenvalue weighted by Gasteiger charge is -2.39. The highest BCUT2D eigenvalue weighted by atomic mass is 19.4. The normalized spacial score (nSPS) is 23.0. The first-order valence-corrected chi connectivity index (χ1v) is 7.19. The lowest BCUT2D eigenvalue weighted by molar-refractivity contribution is -0.140. The molecule has 0 saturated heterocycles. The van der Waals surface area contributed by atoms with Gasteiger partial charge < -0.3 is 5.32 Å². The summed E-state index contributed by atoms with van der Waals surface area (Å²) in [6, 6.07) is 3.33. The fourth-order valence-electron chi connectivity index (χ4n) is 2.68. The Kier molecular flexibility index (Phi) is 4.34. The van der Waals surface area contributed by atoms with Crippen molar-refractivity contribution in [2.45, 2.75) is 51.2 Å². The molecule has 1 N–H and O–H groups in total. The number of benzene rings is 1. The van der Waals surface area contributed by atoms with Crippen LogP contribution in [-0.2, 0) is 6.18 Å². The van der Waals surface area contributed by atoms with Gasteiger partial charge in [-0.25, -0.2) is 4.39 Å². The number of alkyl halides is 3. The highest BCUT2D eigenvalue weighted by Crippen LogP contribution is 2.43. The first-order chi connectivity index (χ1) is 9.58. The summed E-state index contributed by atoms with van der Waals surface area (Å²) in [5, 5.41) is 3.40. The molecule has 2 rings (SSSR count). The highest BCUT2D eigenvalue weighted by Gasteiger charge is 2.36. The van der Waals surface area contributed by atoms with Crippen LogP contribution in [0.4, 0.5) is 17.6 Å². The van der Waals surface area contributed by atoms with Crippen LogP contribution >= 0.6 is 0 Å². The molecule has 1 nitrogen and oxygen atoms in total. The maximum atomic E-state index is 13.6. The Labute approximate surface area is 122 Å². The topological polar surface area (TPSA) is 12.0 Å². The molecule has 2 unspecified atom stereocenters. The lowest BCUT2D eigenvalue weighted by Crippen LogP contribution is -2.43. The van der Waals surface area contributed by atoms with Crippen molar-refractivity contribution in [1.82, 2.24) is 5.32 Å². The first-order valence-electron chi connectivity index (χ1n) is 7.19. The van der Waals surface area contributed by atoms with Crippen LogP contribution in [0.25, 0.3) is 0 Å². The molecular formula is C16H21F4N. The molecule has 1 aliphatic rings. The van der Waals surface area contributed by atoms with E-state index in [0.29, 0.717) is 11.5 Å². The van der Waals surface area contributed by atoms with Crippen molar-refractivity contribution in [3.63, 3.8) is 0 Å². The van der Waals surface area contributed by atoms with Gasteiger partial charge in [-0.05, 0) is 69.7 Å².